The molecule has 0 atom stereocenters. The molecule has 0 radical (unpaired) electrons. The lowest BCUT2D eigenvalue weighted by molar-refractivity contribution is 0.889. The second kappa shape index (κ2) is 11.8. The average Bonchev–Trinajstić information content (AvgIpc) is 3.47. The highest BCUT2D eigenvalue weighted by Gasteiger charge is 2.20. The van der Waals surface area contributed by atoms with Gasteiger partial charge >= 0.3 is 0 Å². The van der Waals surface area contributed by atoms with Crippen molar-refractivity contribution in [3.8, 4) is 51.0 Å². The van der Waals surface area contributed by atoms with Crippen molar-refractivity contribution in [2.24, 2.45) is 0 Å². The Labute approximate surface area is 283 Å². The fourth-order valence-corrected chi connectivity index (χ4v) is 7.06. The van der Waals surface area contributed by atoms with Crippen LogP contribution in [0, 0.1) is 0 Å². The zero-order chi connectivity index (χ0) is 32.0. The predicted molar refractivity (Wildman–Crippen MR) is 198 cm³/mol. The van der Waals surface area contributed by atoms with Gasteiger partial charge in [0.2, 0.25) is 0 Å². The van der Waals surface area contributed by atoms with Gasteiger partial charge in [0, 0.05) is 49.6 Å². The van der Waals surface area contributed by atoms with E-state index >= 15 is 0 Å². The predicted octanol–water partition coefficient (Wildman–Crippen LogP) is 11.2. The van der Waals surface area contributed by atoms with E-state index in [0.717, 1.165) is 46.3 Å². The smallest absolute Gasteiger partial charge is 0.164 e. The lowest BCUT2D eigenvalue weighted by atomic mass is 10.0. The van der Waals surface area contributed by atoms with Gasteiger partial charge in [-0.15, -0.1) is 0 Å². The first-order valence-corrected chi connectivity index (χ1v) is 16.6. The summed E-state index contributed by atoms with van der Waals surface area (Å²) in [7, 11) is 0. The standard InChI is InChI=1S/C43H29ClN4/c44-38-23-22-34(48-39-21-10-9-20-35(39)37-25-30-16-7-8-17-31(30)26-40(37)48)27-36(38)32-18-11-19-33(24-32)43-46-41(28-12-3-1-4-13-28)45-42(47-43)29-14-5-2-6-15-29/h1-9,11-20,22-27H,10,21H2. The van der Waals surface area contributed by atoms with Crippen molar-refractivity contribution >= 4 is 39.4 Å². The number of benzene rings is 6. The minimum Gasteiger partial charge on any atom is -0.313 e. The number of aromatic nitrogens is 4. The van der Waals surface area contributed by atoms with Gasteiger partial charge < -0.3 is 4.57 Å². The lowest BCUT2D eigenvalue weighted by Gasteiger charge is -2.16. The lowest BCUT2D eigenvalue weighted by Crippen LogP contribution is -2.03. The third kappa shape index (κ3) is 4.98. The van der Waals surface area contributed by atoms with Crippen LogP contribution in [0.4, 0.5) is 0 Å². The fourth-order valence-electron chi connectivity index (χ4n) is 6.84. The third-order valence-electron chi connectivity index (χ3n) is 9.15. The molecule has 1 aliphatic carbocycles. The zero-order valence-corrected chi connectivity index (χ0v) is 26.8. The number of rotatable bonds is 5. The van der Waals surface area contributed by atoms with E-state index < -0.39 is 0 Å². The Morgan fingerprint density at radius 3 is 1.85 bits per heavy atom. The quantitative estimate of drug-likeness (QED) is 0.189. The summed E-state index contributed by atoms with van der Waals surface area (Å²) in [6, 6.07) is 48.0. The van der Waals surface area contributed by atoms with Crippen molar-refractivity contribution in [1.82, 2.24) is 19.5 Å². The largest absolute Gasteiger partial charge is 0.313 e. The molecule has 8 aromatic rings. The SMILES string of the molecule is Clc1ccc(-n2c3c(c4cc5ccccc5cc42)C=CCC3)cc1-c1cccc(-c2nc(-c3ccccc3)nc(-c3ccccc3)n2)c1. The second-order valence-corrected chi connectivity index (χ2v) is 12.5. The highest BCUT2D eigenvalue weighted by atomic mass is 35.5. The molecule has 0 spiro atoms. The van der Waals surface area contributed by atoms with Crippen LogP contribution in [0.15, 0.2) is 146 Å². The molecule has 0 bridgehead atoms. The van der Waals surface area contributed by atoms with Crippen LogP contribution >= 0.6 is 11.6 Å². The van der Waals surface area contributed by atoms with Gasteiger partial charge in [-0.25, -0.2) is 15.0 Å². The van der Waals surface area contributed by atoms with Crippen LogP contribution in [0.3, 0.4) is 0 Å². The first-order valence-electron chi connectivity index (χ1n) is 16.2. The van der Waals surface area contributed by atoms with E-state index in [2.05, 4.69) is 77.4 Å². The Bertz CT molecular complexity index is 2460. The van der Waals surface area contributed by atoms with Crippen LogP contribution in [-0.2, 0) is 6.42 Å². The first-order chi connectivity index (χ1) is 23.7. The van der Waals surface area contributed by atoms with Crippen LogP contribution in [0.25, 0.3) is 78.7 Å². The second-order valence-electron chi connectivity index (χ2n) is 12.1. The molecule has 228 valence electrons. The summed E-state index contributed by atoms with van der Waals surface area (Å²) in [6.07, 6.45) is 6.58. The first kappa shape index (κ1) is 28.4. The number of hydrogen-bond acceptors (Lipinski definition) is 3. The van der Waals surface area contributed by atoms with Gasteiger partial charge in [0.15, 0.2) is 17.5 Å². The van der Waals surface area contributed by atoms with E-state index in [1.165, 1.54) is 32.9 Å². The van der Waals surface area contributed by atoms with E-state index in [1.807, 2.05) is 78.9 Å². The summed E-state index contributed by atoms with van der Waals surface area (Å²) < 4.78 is 2.43. The maximum atomic E-state index is 6.98. The number of allylic oxidation sites excluding steroid dienone is 1. The Morgan fingerprint density at radius 2 is 1.15 bits per heavy atom. The molecule has 0 amide bonds. The van der Waals surface area contributed by atoms with Crippen molar-refractivity contribution in [1.29, 1.82) is 0 Å². The topological polar surface area (TPSA) is 43.6 Å². The Balaban J connectivity index is 1.19. The summed E-state index contributed by atoms with van der Waals surface area (Å²) in [5.41, 5.74) is 9.67. The molecule has 5 heteroatoms. The van der Waals surface area contributed by atoms with Crippen molar-refractivity contribution in [2.45, 2.75) is 12.8 Å². The van der Waals surface area contributed by atoms with Crippen molar-refractivity contribution in [2.75, 3.05) is 0 Å². The number of halogens is 1. The highest BCUT2D eigenvalue weighted by Crippen LogP contribution is 2.39. The van der Waals surface area contributed by atoms with Gasteiger partial charge in [0.1, 0.15) is 0 Å². The van der Waals surface area contributed by atoms with Gasteiger partial charge in [0.05, 0.1) is 5.52 Å². The summed E-state index contributed by atoms with van der Waals surface area (Å²) >= 11 is 6.98. The molecule has 9 rings (SSSR count). The number of hydrogen-bond donors (Lipinski definition) is 0. The van der Waals surface area contributed by atoms with E-state index in [1.54, 1.807) is 0 Å². The molecule has 0 aliphatic heterocycles. The Kier molecular flexibility index (Phi) is 6.95. The molecule has 1 aliphatic rings. The van der Waals surface area contributed by atoms with Gasteiger partial charge in [-0.3, -0.25) is 0 Å². The Hall–Kier alpha value is -5.84. The highest BCUT2D eigenvalue weighted by molar-refractivity contribution is 6.33. The molecule has 2 aromatic heterocycles. The van der Waals surface area contributed by atoms with Gasteiger partial charge in [-0.1, -0.05) is 127 Å². The molecule has 6 aromatic carbocycles. The molecule has 0 saturated carbocycles. The number of nitrogens with zero attached hydrogens (tertiary/aromatic N) is 4. The minimum atomic E-state index is 0.612. The van der Waals surface area contributed by atoms with Crippen molar-refractivity contribution < 1.29 is 0 Å². The van der Waals surface area contributed by atoms with Crippen LogP contribution in [0.5, 0.6) is 0 Å². The van der Waals surface area contributed by atoms with Crippen LogP contribution < -0.4 is 0 Å². The van der Waals surface area contributed by atoms with E-state index in [-0.39, 0.29) is 0 Å². The summed E-state index contributed by atoms with van der Waals surface area (Å²) in [4.78, 5) is 14.8. The molecular weight excluding hydrogens is 608 g/mol. The van der Waals surface area contributed by atoms with E-state index in [9.17, 15) is 0 Å². The van der Waals surface area contributed by atoms with E-state index in [0.29, 0.717) is 22.5 Å². The normalized spacial score (nSPS) is 12.4. The molecule has 0 N–H and O–H groups in total. The summed E-state index contributed by atoms with van der Waals surface area (Å²) in [6.45, 7) is 0. The van der Waals surface area contributed by atoms with Crippen LogP contribution in [-0.4, -0.2) is 19.5 Å². The fraction of sp³-hybridized carbons (Fsp3) is 0.0465. The molecule has 48 heavy (non-hydrogen) atoms. The Morgan fingerprint density at radius 1 is 0.542 bits per heavy atom. The molecule has 0 fully saturated rings. The van der Waals surface area contributed by atoms with Crippen molar-refractivity contribution in [3.05, 3.63) is 162 Å². The number of fused-ring (bicyclic) bond motifs is 4. The van der Waals surface area contributed by atoms with Gasteiger partial charge in [0.25, 0.3) is 0 Å². The van der Waals surface area contributed by atoms with Crippen LogP contribution in [0.1, 0.15) is 17.7 Å². The monoisotopic (exact) mass is 636 g/mol. The van der Waals surface area contributed by atoms with Gasteiger partial charge in [-0.05, 0) is 65.6 Å². The molecule has 0 unspecified atom stereocenters. The maximum absolute atomic E-state index is 6.98. The average molecular weight is 637 g/mol. The zero-order valence-electron chi connectivity index (χ0n) is 26.0. The van der Waals surface area contributed by atoms with Crippen LogP contribution in [0.2, 0.25) is 5.02 Å². The third-order valence-corrected chi connectivity index (χ3v) is 9.48. The maximum Gasteiger partial charge on any atom is 0.164 e. The summed E-state index contributed by atoms with van der Waals surface area (Å²) in [5.74, 6) is 1.88. The van der Waals surface area contributed by atoms with Crippen molar-refractivity contribution in [3.63, 3.8) is 0 Å². The molecule has 4 nitrogen and oxygen atoms in total. The summed E-state index contributed by atoms with van der Waals surface area (Å²) in [5, 5.41) is 4.45. The van der Waals surface area contributed by atoms with E-state index in [4.69, 9.17) is 26.6 Å². The molecule has 0 saturated heterocycles. The van der Waals surface area contributed by atoms with Gasteiger partial charge in [-0.2, -0.15) is 0 Å². The molecule has 2 heterocycles. The minimum absolute atomic E-state index is 0.612. The molecular formula is C43H29ClN4.